The number of Topliss-reactive ketones (excluding diaryl/α,β-unsaturated/α-hetero) is 1. The zero-order valence-electron chi connectivity index (χ0n) is 17.6. The SMILES string of the molecule is CC(=O)c1c(C)n(Cc2nc(-c3ccc(C(C)C)cc3)oc2C)c2ccccc12. The highest BCUT2D eigenvalue weighted by molar-refractivity contribution is 6.08. The van der Waals surface area contributed by atoms with Crippen LogP contribution in [0.2, 0.25) is 0 Å². The van der Waals surface area contributed by atoms with E-state index in [0.29, 0.717) is 18.4 Å². The normalized spacial score (nSPS) is 11.5. The number of aryl methyl sites for hydroxylation is 1. The first-order valence-electron chi connectivity index (χ1n) is 10.0. The third kappa shape index (κ3) is 3.39. The highest BCUT2D eigenvalue weighted by Crippen LogP contribution is 2.29. The van der Waals surface area contributed by atoms with Gasteiger partial charge in [-0.05, 0) is 50.5 Å². The molecule has 4 heteroatoms. The van der Waals surface area contributed by atoms with Gasteiger partial charge in [-0.25, -0.2) is 4.98 Å². The van der Waals surface area contributed by atoms with Gasteiger partial charge < -0.3 is 8.98 Å². The van der Waals surface area contributed by atoms with Gasteiger partial charge in [0.25, 0.3) is 0 Å². The van der Waals surface area contributed by atoms with E-state index in [9.17, 15) is 4.79 Å². The van der Waals surface area contributed by atoms with Crippen LogP contribution in [0.15, 0.2) is 52.9 Å². The third-order valence-electron chi connectivity index (χ3n) is 5.61. The van der Waals surface area contributed by atoms with Crippen molar-refractivity contribution in [1.82, 2.24) is 9.55 Å². The number of ketones is 1. The Morgan fingerprint density at radius 1 is 1.07 bits per heavy atom. The summed E-state index contributed by atoms with van der Waals surface area (Å²) in [4.78, 5) is 17.0. The number of oxazole rings is 1. The van der Waals surface area contributed by atoms with Crippen molar-refractivity contribution >= 4 is 16.7 Å². The zero-order chi connectivity index (χ0) is 20.7. The monoisotopic (exact) mass is 386 g/mol. The van der Waals surface area contributed by atoms with Crippen molar-refractivity contribution in [3.8, 4) is 11.5 Å². The van der Waals surface area contributed by atoms with Crippen molar-refractivity contribution in [3.05, 3.63) is 76.8 Å². The Balaban J connectivity index is 1.73. The molecule has 29 heavy (non-hydrogen) atoms. The average molecular weight is 386 g/mol. The van der Waals surface area contributed by atoms with Gasteiger partial charge in [0.05, 0.1) is 6.54 Å². The summed E-state index contributed by atoms with van der Waals surface area (Å²) in [7, 11) is 0. The summed E-state index contributed by atoms with van der Waals surface area (Å²) in [5, 5.41) is 0.989. The van der Waals surface area contributed by atoms with Crippen LogP contribution in [-0.2, 0) is 6.54 Å². The molecule has 2 aromatic heterocycles. The van der Waals surface area contributed by atoms with Gasteiger partial charge in [-0.2, -0.15) is 0 Å². The average Bonchev–Trinajstić information content (AvgIpc) is 3.20. The molecule has 0 fully saturated rings. The lowest BCUT2D eigenvalue weighted by molar-refractivity contribution is 0.101. The molecule has 0 saturated heterocycles. The predicted molar refractivity (Wildman–Crippen MR) is 117 cm³/mol. The molecular formula is C25H26N2O2. The number of aromatic nitrogens is 2. The molecule has 0 bridgehead atoms. The van der Waals surface area contributed by atoms with Crippen molar-refractivity contribution in [2.24, 2.45) is 0 Å². The molecule has 0 spiro atoms. The Bertz CT molecular complexity index is 1190. The van der Waals surface area contributed by atoms with E-state index >= 15 is 0 Å². The minimum absolute atomic E-state index is 0.0836. The maximum atomic E-state index is 12.2. The van der Waals surface area contributed by atoms with E-state index in [0.717, 1.165) is 39.2 Å². The standard InChI is InChI=1S/C25H26N2O2/c1-15(2)19-10-12-20(13-11-19)25-26-22(18(5)29-25)14-27-16(3)24(17(4)28)21-8-6-7-9-23(21)27/h6-13,15H,14H2,1-5H3. The van der Waals surface area contributed by atoms with Crippen molar-refractivity contribution < 1.29 is 9.21 Å². The van der Waals surface area contributed by atoms with Crippen molar-refractivity contribution in [2.75, 3.05) is 0 Å². The lowest BCUT2D eigenvalue weighted by Gasteiger charge is -2.07. The molecule has 148 valence electrons. The minimum atomic E-state index is 0.0836. The quantitative estimate of drug-likeness (QED) is 0.379. The van der Waals surface area contributed by atoms with Gasteiger partial charge in [0.2, 0.25) is 5.89 Å². The van der Waals surface area contributed by atoms with Gasteiger partial charge in [-0.3, -0.25) is 4.79 Å². The number of nitrogens with zero attached hydrogens (tertiary/aromatic N) is 2. The van der Waals surface area contributed by atoms with Gasteiger partial charge in [0, 0.05) is 27.7 Å². The van der Waals surface area contributed by atoms with Crippen LogP contribution in [0.4, 0.5) is 0 Å². The number of fused-ring (bicyclic) bond motifs is 1. The van der Waals surface area contributed by atoms with Crippen LogP contribution in [0.5, 0.6) is 0 Å². The van der Waals surface area contributed by atoms with Crippen molar-refractivity contribution in [2.45, 2.75) is 47.1 Å². The van der Waals surface area contributed by atoms with Crippen LogP contribution in [0.3, 0.4) is 0 Å². The highest BCUT2D eigenvalue weighted by atomic mass is 16.4. The number of carbonyl (C=O) groups excluding carboxylic acids is 1. The first-order chi connectivity index (χ1) is 13.9. The molecule has 4 rings (SSSR count). The van der Waals surface area contributed by atoms with Crippen LogP contribution in [0.25, 0.3) is 22.4 Å². The molecule has 0 aliphatic rings. The number of para-hydroxylation sites is 1. The van der Waals surface area contributed by atoms with Crippen LogP contribution in [0, 0.1) is 13.8 Å². The van der Waals surface area contributed by atoms with Crippen LogP contribution in [0.1, 0.15) is 59.8 Å². The number of hydrogen-bond donors (Lipinski definition) is 0. The molecule has 0 saturated carbocycles. The van der Waals surface area contributed by atoms with Crippen LogP contribution >= 0.6 is 0 Å². The Labute approximate surface area is 171 Å². The van der Waals surface area contributed by atoms with Gasteiger partial charge in [-0.1, -0.05) is 44.2 Å². The molecule has 2 heterocycles. The summed E-state index contributed by atoms with van der Waals surface area (Å²) >= 11 is 0. The Morgan fingerprint density at radius 2 is 1.76 bits per heavy atom. The molecule has 0 aliphatic carbocycles. The molecule has 0 unspecified atom stereocenters. The van der Waals surface area contributed by atoms with Gasteiger partial charge in [0.15, 0.2) is 5.78 Å². The molecule has 4 nitrogen and oxygen atoms in total. The number of benzene rings is 2. The fourth-order valence-electron chi connectivity index (χ4n) is 3.94. The number of hydrogen-bond acceptors (Lipinski definition) is 3. The van der Waals surface area contributed by atoms with E-state index < -0.39 is 0 Å². The summed E-state index contributed by atoms with van der Waals surface area (Å²) in [6.45, 7) is 10.5. The first kappa shape index (κ1) is 19.2. The Morgan fingerprint density at radius 3 is 2.41 bits per heavy atom. The summed E-state index contributed by atoms with van der Waals surface area (Å²) in [5.41, 5.74) is 5.94. The predicted octanol–water partition coefficient (Wildman–Crippen LogP) is 6.29. The molecule has 0 amide bonds. The summed E-state index contributed by atoms with van der Waals surface area (Å²) in [5.74, 6) is 2.01. The topological polar surface area (TPSA) is 48.0 Å². The second kappa shape index (κ2) is 7.36. The minimum Gasteiger partial charge on any atom is -0.441 e. The third-order valence-corrected chi connectivity index (χ3v) is 5.61. The van der Waals surface area contributed by atoms with E-state index in [-0.39, 0.29) is 5.78 Å². The second-order valence-electron chi connectivity index (χ2n) is 7.92. The lowest BCUT2D eigenvalue weighted by atomic mass is 10.0. The second-order valence-corrected chi connectivity index (χ2v) is 7.92. The van der Waals surface area contributed by atoms with E-state index in [1.165, 1.54) is 5.56 Å². The van der Waals surface area contributed by atoms with E-state index in [1.54, 1.807) is 6.92 Å². The zero-order valence-corrected chi connectivity index (χ0v) is 17.6. The maximum absolute atomic E-state index is 12.2. The van der Waals surface area contributed by atoms with Crippen LogP contribution in [-0.4, -0.2) is 15.3 Å². The fourth-order valence-corrected chi connectivity index (χ4v) is 3.94. The van der Waals surface area contributed by atoms with E-state index in [4.69, 9.17) is 9.40 Å². The summed E-state index contributed by atoms with van der Waals surface area (Å²) in [6.07, 6.45) is 0. The maximum Gasteiger partial charge on any atom is 0.226 e. The van der Waals surface area contributed by atoms with E-state index in [1.807, 2.05) is 32.0 Å². The first-order valence-corrected chi connectivity index (χ1v) is 10.0. The van der Waals surface area contributed by atoms with E-state index in [2.05, 4.69) is 48.7 Å². The Hall–Kier alpha value is -3.14. The molecule has 0 atom stereocenters. The highest BCUT2D eigenvalue weighted by Gasteiger charge is 2.19. The van der Waals surface area contributed by atoms with Gasteiger partial charge in [-0.15, -0.1) is 0 Å². The van der Waals surface area contributed by atoms with Crippen molar-refractivity contribution in [3.63, 3.8) is 0 Å². The largest absolute Gasteiger partial charge is 0.441 e. The Kier molecular flexibility index (Phi) is 4.87. The number of rotatable bonds is 5. The summed E-state index contributed by atoms with van der Waals surface area (Å²) in [6, 6.07) is 16.4. The molecule has 0 N–H and O–H groups in total. The van der Waals surface area contributed by atoms with Gasteiger partial charge >= 0.3 is 0 Å². The molecular weight excluding hydrogens is 360 g/mol. The number of carbonyl (C=O) groups is 1. The molecule has 0 aliphatic heterocycles. The smallest absolute Gasteiger partial charge is 0.226 e. The van der Waals surface area contributed by atoms with Crippen molar-refractivity contribution in [1.29, 1.82) is 0 Å². The van der Waals surface area contributed by atoms with Crippen LogP contribution < -0.4 is 0 Å². The molecule has 2 aromatic carbocycles. The molecule has 0 radical (unpaired) electrons. The lowest BCUT2D eigenvalue weighted by Crippen LogP contribution is -2.05. The summed E-state index contributed by atoms with van der Waals surface area (Å²) < 4.78 is 8.14. The van der Waals surface area contributed by atoms with Gasteiger partial charge in [0.1, 0.15) is 11.5 Å². The fraction of sp³-hybridized carbons (Fsp3) is 0.280. The molecule has 4 aromatic rings.